The Kier molecular flexibility index (Phi) is 8.66. The van der Waals surface area contributed by atoms with Gasteiger partial charge in [-0.25, -0.2) is 4.79 Å². The van der Waals surface area contributed by atoms with Gasteiger partial charge in [0.15, 0.2) is 0 Å². The van der Waals surface area contributed by atoms with Gasteiger partial charge >= 0.3 is 12.0 Å². The van der Waals surface area contributed by atoms with Crippen LogP contribution in [0.15, 0.2) is 28.8 Å². The zero-order valence-corrected chi connectivity index (χ0v) is 21.2. The quantitative estimate of drug-likeness (QED) is 0.457. The molecule has 2 N–H and O–H groups in total. The predicted octanol–water partition coefficient (Wildman–Crippen LogP) is 5.48. The lowest BCUT2D eigenvalue weighted by atomic mass is 9.96. The van der Waals surface area contributed by atoms with Crippen molar-refractivity contribution in [3.63, 3.8) is 0 Å². The molecule has 1 aromatic heterocycles. The maximum absolute atomic E-state index is 13.4. The van der Waals surface area contributed by atoms with Crippen molar-refractivity contribution in [3.8, 4) is 0 Å². The van der Waals surface area contributed by atoms with E-state index in [0.29, 0.717) is 29.1 Å². The molecule has 182 valence electrons. The summed E-state index contributed by atoms with van der Waals surface area (Å²) >= 11 is 0. The number of aliphatic carboxylic acids is 1. The Balaban J connectivity index is 2.49. The van der Waals surface area contributed by atoms with Gasteiger partial charge in [-0.3, -0.25) is 10.1 Å². The summed E-state index contributed by atoms with van der Waals surface area (Å²) in [5, 5.41) is 16.4. The van der Waals surface area contributed by atoms with Crippen LogP contribution in [0.2, 0.25) is 0 Å². The molecule has 0 aliphatic carbocycles. The highest BCUT2D eigenvalue weighted by Gasteiger charge is 2.34. The molecule has 0 spiro atoms. The van der Waals surface area contributed by atoms with Crippen molar-refractivity contribution in [3.05, 3.63) is 35.6 Å². The van der Waals surface area contributed by atoms with Gasteiger partial charge in [-0.2, -0.15) is 4.48 Å². The van der Waals surface area contributed by atoms with E-state index in [1.807, 2.05) is 25.1 Å². The molecule has 8 heteroatoms. The summed E-state index contributed by atoms with van der Waals surface area (Å²) in [4.78, 5) is 26.9. The van der Waals surface area contributed by atoms with Gasteiger partial charge in [0.25, 0.3) is 5.82 Å². The Labute approximate surface area is 197 Å². The maximum Gasteiger partial charge on any atom is 0.427 e. The second kappa shape index (κ2) is 10.8. The van der Waals surface area contributed by atoms with Gasteiger partial charge < -0.3 is 14.5 Å². The van der Waals surface area contributed by atoms with E-state index in [-0.39, 0.29) is 22.9 Å². The molecule has 2 rings (SSSR count). The Morgan fingerprint density at radius 1 is 1.09 bits per heavy atom. The molecule has 33 heavy (non-hydrogen) atoms. The smallest absolute Gasteiger partial charge is 0.427 e. The van der Waals surface area contributed by atoms with Gasteiger partial charge in [-0.15, -0.1) is 0 Å². The minimum atomic E-state index is -0.849. The number of amides is 2. The van der Waals surface area contributed by atoms with Gasteiger partial charge in [0.05, 0.1) is 38.0 Å². The third-order valence-electron chi connectivity index (χ3n) is 5.52. The van der Waals surface area contributed by atoms with E-state index < -0.39 is 5.97 Å². The Bertz CT molecular complexity index is 955. The van der Waals surface area contributed by atoms with Crippen molar-refractivity contribution in [2.45, 2.75) is 53.9 Å². The fraction of sp³-hybridized carbons (Fsp3) is 0.560. The lowest BCUT2D eigenvalue weighted by molar-refractivity contribution is -0.137. The SMILES string of the molecule is Cc1cc([N+](C)(C)C(=O)Nc2cc(C(C)CC(=O)O)ccc2N(CC(C)C)CC(C)C)no1. The Hall–Kier alpha value is -2.87. The number of carbonyl (C=O) groups is 2. The van der Waals surface area contributed by atoms with Crippen LogP contribution in [0.5, 0.6) is 0 Å². The Morgan fingerprint density at radius 2 is 1.70 bits per heavy atom. The summed E-state index contributed by atoms with van der Waals surface area (Å²) in [5.74, 6) is 0.970. The number of rotatable bonds is 10. The fourth-order valence-corrected chi connectivity index (χ4v) is 3.74. The van der Waals surface area contributed by atoms with E-state index in [1.54, 1.807) is 27.1 Å². The van der Waals surface area contributed by atoms with Crippen LogP contribution in [0.4, 0.5) is 22.0 Å². The highest BCUT2D eigenvalue weighted by Crippen LogP contribution is 2.33. The number of carbonyl (C=O) groups excluding carboxylic acids is 1. The van der Waals surface area contributed by atoms with Crippen LogP contribution in [0.3, 0.4) is 0 Å². The summed E-state index contributed by atoms with van der Waals surface area (Å²) in [6.07, 6.45) is 0.0220. The van der Waals surface area contributed by atoms with E-state index in [0.717, 1.165) is 24.3 Å². The summed E-state index contributed by atoms with van der Waals surface area (Å²) in [6, 6.07) is 7.35. The average molecular weight is 460 g/mol. The molecular formula is C25H39N4O4+. The third-order valence-corrected chi connectivity index (χ3v) is 5.52. The molecule has 1 atom stereocenters. The highest BCUT2D eigenvalue weighted by atomic mass is 16.5. The number of nitrogens with one attached hydrogen (secondary N) is 1. The molecule has 0 aliphatic heterocycles. The average Bonchev–Trinajstić information content (AvgIpc) is 3.13. The molecule has 2 aromatic rings. The first kappa shape index (κ1) is 26.4. The van der Waals surface area contributed by atoms with Crippen molar-refractivity contribution < 1.29 is 19.2 Å². The largest absolute Gasteiger partial charge is 0.481 e. The summed E-state index contributed by atoms with van der Waals surface area (Å²) in [5.41, 5.74) is 2.46. The number of aromatic nitrogens is 1. The normalized spacial score (nSPS) is 12.8. The van der Waals surface area contributed by atoms with Gasteiger partial charge in [0.1, 0.15) is 5.76 Å². The number of urea groups is 1. The van der Waals surface area contributed by atoms with Crippen LogP contribution in [0.1, 0.15) is 58.3 Å². The number of benzene rings is 1. The fourth-order valence-electron chi connectivity index (χ4n) is 3.74. The van der Waals surface area contributed by atoms with Crippen LogP contribution in [0, 0.1) is 18.8 Å². The van der Waals surface area contributed by atoms with E-state index in [1.165, 1.54) is 0 Å². The molecule has 0 saturated carbocycles. The lowest BCUT2D eigenvalue weighted by Gasteiger charge is -2.31. The third kappa shape index (κ3) is 7.05. The molecule has 1 unspecified atom stereocenters. The molecular weight excluding hydrogens is 420 g/mol. The molecule has 0 radical (unpaired) electrons. The molecule has 0 fully saturated rings. The van der Waals surface area contributed by atoms with Crippen molar-refractivity contribution in [2.24, 2.45) is 11.8 Å². The van der Waals surface area contributed by atoms with Crippen LogP contribution < -0.4 is 14.7 Å². The predicted molar refractivity (Wildman–Crippen MR) is 133 cm³/mol. The van der Waals surface area contributed by atoms with E-state index >= 15 is 0 Å². The first-order valence-corrected chi connectivity index (χ1v) is 11.5. The zero-order chi connectivity index (χ0) is 24.9. The van der Waals surface area contributed by atoms with Crippen molar-refractivity contribution in [2.75, 3.05) is 37.4 Å². The van der Waals surface area contributed by atoms with Crippen LogP contribution in [-0.4, -0.2) is 49.4 Å². The van der Waals surface area contributed by atoms with Gasteiger partial charge in [-0.1, -0.05) is 40.7 Å². The van der Waals surface area contributed by atoms with Crippen LogP contribution in [0.25, 0.3) is 0 Å². The molecule has 2 amide bonds. The molecule has 0 bridgehead atoms. The molecule has 8 nitrogen and oxygen atoms in total. The number of hydrogen-bond acceptors (Lipinski definition) is 5. The highest BCUT2D eigenvalue weighted by molar-refractivity contribution is 5.99. The standard InChI is InChI=1S/C25H38N4O4/c1-16(2)14-28(15-17(3)4)22-10-9-20(18(5)11-24(30)31)13-21(22)26-25(32)29(7,8)23-12-19(6)33-27-23/h9-10,12-13,16-18H,11,14-15H2,1-8H3,(H-,26,30,31,32)/p+1. The molecule has 1 heterocycles. The first-order chi connectivity index (χ1) is 15.3. The number of carboxylic acid groups (broad SMARTS) is 1. The number of hydrogen-bond donors (Lipinski definition) is 2. The second-order valence-electron chi connectivity index (χ2n) is 10.1. The number of quaternary nitrogens is 1. The van der Waals surface area contributed by atoms with Gasteiger partial charge in [-0.05, 0) is 47.5 Å². The van der Waals surface area contributed by atoms with E-state index in [9.17, 15) is 14.7 Å². The van der Waals surface area contributed by atoms with Gasteiger partial charge in [0, 0.05) is 13.1 Å². The minimum Gasteiger partial charge on any atom is -0.481 e. The van der Waals surface area contributed by atoms with Crippen molar-refractivity contribution in [1.29, 1.82) is 0 Å². The van der Waals surface area contributed by atoms with E-state index in [4.69, 9.17) is 4.52 Å². The first-order valence-electron chi connectivity index (χ1n) is 11.5. The van der Waals surface area contributed by atoms with Gasteiger partial charge in [0.2, 0.25) is 0 Å². The summed E-state index contributed by atoms with van der Waals surface area (Å²) in [7, 11) is 3.51. The van der Waals surface area contributed by atoms with E-state index in [2.05, 4.69) is 43.1 Å². The summed E-state index contributed by atoms with van der Waals surface area (Å²) in [6.45, 7) is 14.0. The topological polar surface area (TPSA) is 95.7 Å². The monoisotopic (exact) mass is 459 g/mol. The number of aryl methyl sites for hydroxylation is 1. The molecule has 1 aromatic carbocycles. The zero-order valence-electron chi connectivity index (χ0n) is 21.2. The molecule has 0 saturated heterocycles. The van der Waals surface area contributed by atoms with Crippen LogP contribution in [-0.2, 0) is 4.79 Å². The van der Waals surface area contributed by atoms with Crippen molar-refractivity contribution in [1.82, 2.24) is 9.64 Å². The minimum absolute atomic E-state index is 0.0220. The summed E-state index contributed by atoms with van der Waals surface area (Å²) < 4.78 is 5.04. The molecule has 0 aliphatic rings. The maximum atomic E-state index is 13.4. The van der Waals surface area contributed by atoms with Crippen molar-refractivity contribution >= 4 is 29.2 Å². The second-order valence-corrected chi connectivity index (χ2v) is 10.1. The number of carboxylic acids is 1. The number of anilines is 2. The number of nitrogens with zero attached hydrogens (tertiary/aromatic N) is 3. The lowest BCUT2D eigenvalue weighted by Crippen LogP contribution is -2.49. The Morgan fingerprint density at radius 3 is 2.18 bits per heavy atom. The van der Waals surface area contributed by atoms with Crippen LogP contribution >= 0.6 is 0 Å².